The number of nitrogens with one attached hydrogen (secondary N) is 1. The van der Waals surface area contributed by atoms with Crippen molar-refractivity contribution in [3.8, 4) is 11.5 Å². The van der Waals surface area contributed by atoms with Gasteiger partial charge in [0.05, 0.1) is 13.7 Å². The van der Waals surface area contributed by atoms with Gasteiger partial charge >= 0.3 is 0 Å². The van der Waals surface area contributed by atoms with Crippen LogP contribution in [0.2, 0.25) is 0 Å². The SMILES string of the molecule is COc1ccc(CN=C(N)Nc2cccc(C(C)C)c2)cc1O.I. The van der Waals surface area contributed by atoms with Crippen LogP contribution in [0, 0.1) is 0 Å². The summed E-state index contributed by atoms with van der Waals surface area (Å²) >= 11 is 0. The van der Waals surface area contributed by atoms with Crippen molar-refractivity contribution in [1.82, 2.24) is 0 Å². The first-order valence-electron chi connectivity index (χ1n) is 7.52. The molecule has 0 amide bonds. The molecule has 0 heterocycles. The molecule has 0 aliphatic rings. The average Bonchev–Trinajstić information content (AvgIpc) is 2.53. The van der Waals surface area contributed by atoms with Gasteiger partial charge in [0.2, 0.25) is 0 Å². The number of hydrogen-bond donors (Lipinski definition) is 3. The molecule has 130 valence electrons. The highest BCUT2D eigenvalue weighted by Gasteiger charge is 2.03. The molecule has 0 saturated carbocycles. The number of rotatable bonds is 5. The normalized spacial score (nSPS) is 11.1. The van der Waals surface area contributed by atoms with E-state index in [0.29, 0.717) is 24.2 Å². The first-order chi connectivity index (χ1) is 11.0. The number of hydrogen-bond acceptors (Lipinski definition) is 3. The van der Waals surface area contributed by atoms with Gasteiger partial charge in [0, 0.05) is 5.69 Å². The Morgan fingerprint density at radius 1 is 1.25 bits per heavy atom. The lowest BCUT2D eigenvalue weighted by Gasteiger charge is -2.10. The molecule has 0 aromatic heterocycles. The van der Waals surface area contributed by atoms with Crippen molar-refractivity contribution in [2.75, 3.05) is 12.4 Å². The standard InChI is InChI=1S/C18H23N3O2.HI/c1-12(2)14-5-4-6-15(10-14)21-18(19)20-11-13-7-8-17(23-3)16(22)9-13;/h4-10,12,22H,11H2,1-3H3,(H3,19,20,21);1H. The molecule has 6 heteroatoms. The van der Waals surface area contributed by atoms with E-state index in [-0.39, 0.29) is 29.7 Å². The van der Waals surface area contributed by atoms with Crippen LogP contribution in [0.5, 0.6) is 11.5 Å². The number of methoxy groups -OCH3 is 1. The van der Waals surface area contributed by atoms with Crippen molar-refractivity contribution in [1.29, 1.82) is 0 Å². The number of aliphatic imine (C=N–C) groups is 1. The van der Waals surface area contributed by atoms with E-state index >= 15 is 0 Å². The predicted molar refractivity (Wildman–Crippen MR) is 110 cm³/mol. The van der Waals surface area contributed by atoms with Gasteiger partial charge in [-0.15, -0.1) is 24.0 Å². The van der Waals surface area contributed by atoms with Crippen LogP contribution in [0.25, 0.3) is 0 Å². The van der Waals surface area contributed by atoms with E-state index in [0.717, 1.165) is 11.3 Å². The van der Waals surface area contributed by atoms with Gasteiger partial charge in [0.25, 0.3) is 0 Å². The summed E-state index contributed by atoms with van der Waals surface area (Å²) in [6.07, 6.45) is 0. The lowest BCUT2D eigenvalue weighted by Crippen LogP contribution is -2.22. The topological polar surface area (TPSA) is 79.9 Å². The first-order valence-corrected chi connectivity index (χ1v) is 7.52. The van der Waals surface area contributed by atoms with E-state index in [1.165, 1.54) is 12.7 Å². The Kier molecular flexibility index (Phi) is 7.84. The molecule has 0 aliphatic heterocycles. The molecule has 5 nitrogen and oxygen atoms in total. The molecule has 0 spiro atoms. The summed E-state index contributed by atoms with van der Waals surface area (Å²) in [5.74, 6) is 1.32. The van der Waals surface area contributed by atoms with E-state index in [9.17, 15) is 5.11 Å². The lowest BCUT2D eigenvalue weighted by atomic mass is 10.0. The van der Waals surface area contributed by atoms with Crippen LogP contribution < -0.4 is 15.8 Å². The Morgan fingerprint density at radius 2 is 2.00 bits per heavy atom. The summed E-state index contributed by atoms with van der Waals surface area (Å²) in [6.45, 7) is 4.67. The number of phenols is 1. The fourth-order valence-electron chi connectivity index (χ4n) is 2.17. The molecular weight excluding hydrogens is 417 g/mol. The van der Waals surface area contributed by atoms with Gasteiger partial charge in [0.1, 0.15) is 0 Å². The van der Waals surface area contributed by atoms with Gasteiger partial charge in [-0.25, -0.2) is 4.99 Å². The minimum atomic E-state index is 0. The van der Waals surface area contributed by atoms with Gasteiger partial charge < -0.3 is 20.9 Å². The van der Waals surface area contributed by atoms with Gasteiger partial charge in [-0.05, 0) is 41.3 Å². The molecule has 2 rings (SSSR count). The summed E-state index contributed by atoms with van der Waals surface area (Å²) < 4.78 is 5.01. The third-order valence-corrected chi connectivity index (χ3v) is 3.50. The third-order valence-electron chi connectivity index (χ3n) is 3.50. The molecule has 0 saturated heterocycles. The van der Waals surface area contributed by atoms with Crippen LogP contribution in [0.1, 0.15) is 30.9 Å². The highest BCUT2D eigenvalue weighted by Crippen LogP contribution is 2.26. The number of aromatic hydroxyl groups is 1. The highest BCUT2D eigenvalue weighted by molar-refractivity contribution is 14.0. The first kappa shape index (κ1) is 20.1. The zero-order chi connectivity index (χ0) is 16.8. The number of halogens is 1. The zero-order valence-electron chi connectivity index (χ0n) is 14.1. The van der Waals surface area contributed by atoms with Gasteiger partial charge in [-0.2, -0.15) is 0 Å². The number of nitrogens with two attached hydrogens (primary N) is 1. The molecule has 0 aliphatic carbocycles. The highest BCUT2D eigenvalue weighted by atomic mass is 127. The van der Waals surface area contributed by atoms with Crippen LogP contribution in [-0.2, 0) is 6.54 Å². The van der Waals surface area contributed by atoms with E-state index in [1.807, 2.05) is 18.2 Å². The number of nitrogens with zero attached hydrogens (tertiary/aromatic N) is 1. The molecule has 24 heavy (non-hydrogen) atoms. The maximum atomic E-state index is 9.75. The molecule has 0 bridgehead atoms. The van der Waals surface area contributed by atoms with Crippen molar-refractivity contribution in [2.45, 2.75) is 26.3 Å². The van der Waals surface area contributed by atoms with Crippen molar-refractivity contribution in [3.05, 3.63) is 53.6 Å². The fraction of sp³-hybridized carbons (Fsp3) is 0.278. The molecule has 2 aromatic carbocycles. The lowest BCUT2D eigenvalue weighted by molar-refractivity contribution is 0.373. The summed E-state index contributed by atoms with van der Waals surface area (Å²) in [5.41, 5.74) is 8.93. The second-order valence-electron chi connectivity index (χ2n) is 5.61. The number of guanidine groups is 1. The van der Waals surface area contributed by atoms with Crippen molar-refractivity contribution in [3.63, 3.8) is 0 Å². The van der Waals surface area contributed by atoms with Gasteiger partial charge in [-0.1, -0.05) is 32.0 Å². The monoisotopic (exact) mass is 441 g/mol. The second-order valence-corrected chi connectivity index (χ2v) is 5.61. The maximum Gasteiger partial charge on any atom is 0.193 e. The smallest absolute Gasteiger partial charge is 0.193 e. The molecule has 0 atom stereocenters. The van der Waals surface area contributed by atoms with Gasteiger partial charge in [-0.3, -0.25) is 0 Å². The number of ether oxygens (including phenoxy) is 1. The minimum Gasteiger partial charge on any atom is -0.504 e. The molecule has 4 N–H and O–H groups in total. The van der Waals surface area contributed by atoms with E-state index < -0.39 is 0 Å². The van der Waals surface area contributed by atoms with Gasteiger partial charge in [0.15, 0.2) is 17.5 Å². The molecule has 0 unspecified atom stereocenters. The number of benzene rings is 2. The Labute approximate surface area is 160 Å². The Balaban J connectivity index is 0.00000288. The van der Waals surface area contributed by atoms with E-state index in [4.69, 9.17) is 10.5 Å². The van der Waals surface area contributed by atoms with Crippen LogP contribution >= 0.6 is 24.0 Å². The fourth-order valence-corrected chi connectivity index (χ4v) is 2.17. The van der Waals surface area contributed by atoms with E-state index in [1.54, 1.807) is 12.1 Å². The predicted octanol–water partition coefficient (Wildman–Crippen LogP) is 4.07. The van der Waals surface area contributed by atoms with Crippen molar-refractivity contribution < 1.29 is 9.84 Å². The minimum absolute atomic E-state index is 0. The average molecular weight is 441 g/mol. The maximum absolute atomic E-state index is 9.75. The number of anilines is 1. The molecule has 2 aromatic rings. The largest absolute Gasteiger partial charge is 0.504 e. The summed E-state index contributed by atoms with van der Waals surface area (Å²) in [7, 11) is 1.51. The molecule has 0 fully saturated rings. The van der Waals surface area contributed by atoms with Crippen LogP contribution in [0.15, 0.2) is 47.5 Å². The van der Waals surface area contributed by atoms with Crippen LogP contribution in [-0.4, -0.2) is 18.2 Å². The van der Waals surface area contributed by atoms with Crippen LogP contribution in [0.4, 0.5) is 5.69 Å². The van der Waals surface area contributed by atoms with Crippen LogP contribution in [0.3, 0.4) is 0 Å². The zero-order valence-corrected chi connectivity index (χ0v) is 16.4. The Hall–Kier alpha value is -1.96. The quantitative estimate of drug-likeness (QED) is 0.371. The van der Waals surface area contributed by atoms with E-state index in [2.05, 4.69) is 36.3 Å². The summed E-state index contributed by atoms with van der Waals surface area (Å²) in [4.78, 5) is 4.29. The van der Waals surface area contributed by atoms with Crippen molar-refractivity contribution >= 4 is 35.6 Å². The summed E-state index contributed by atoms with van der Waals surface area (Å²) in [6, 6.07) is 13.3. The molecular formula is C18H24IN3O2. The molecule has 0 radical (unpaired) electrons. The second kappa shape index (κ2) is 9.36. The Morgan fingerprint density at radius 3 is 2.62 bits per heavy atom. The Bertz CT molecular complexity index is 702. The summed E-state index contributed by atoms with van der Waals surface area (Å²) in [5, 5.41) is 12.8. The van der Waals surface area contributed by atoms with Crippen molar-refractivity contribution in [2.24, 2.45) is 10.7 Å². The third kappa shape index (κ3) is 5.59. The number of phenolic OH excluding ortho intramolecular Hbond substituents is 1.